The lowest BCUT2D eigenvalue weighted by molar-refractivity contribution is -0.139. The molecule has 2 atom stereocenters. The van der Waals surface area contributed by atoms with Crippen molar-refractivity contribution in [3.05, 3.63) is 0 Å². The van der Waals surface area contributed by atoms with E-state index in [-0.39, 0.29) is 36.4 Å². The van der Waals surface area contributed by atoms with Gasteiger partial charge in [0.2, 0.25) is 11.8 Å². The van der Waals surface area contributed by atoms with E-state index in [1.54, 1.807) is 4.90 Å². The van der Waals surface area contributed by atoms with E-state index in [2.05, 4.69) is 5.32 Å². The SMILES string of the molecule is CC(C)NC(=O)CN1CC(N)C(C)CC1=O. The molecule has 1 aliphatic heterocycles. The molecular weight excluding hydrogens is 206 g/mol. The van der Waals surface area contributed by atoms with Crippen molar-refractivity contribution >= 4 is 11.8 Å². The summed E-state index contributed by atoms with van der Waals surface area (Å²) in [6, 6.07) is 0.0736. The highest BCUT2D eigenvalue weighted by Gasteiger charge is 2.30. The number of piperidine rings is 1. The summed E-state index contributed by atoms with van der Waals surface area (Å²) in [5.74, 6) is 0.107. The lowest BCUT2D eigenvalue weighted by atomic mass is 9.94. The van der Waals surface area contributed by atoms with Crippen LogP contribution in [0.15, 0.2) is 0 Å². The Morgan fingerprint density at radius 2 is 2.25 bits per heavy atom. The normalized spacial score (nSPS) is 26.1. The molecule has 0 spiro atoms. The van der Waals surface area contributed by atoms with Crippen molar-refractivity contribution in [1.29, 1.82) is 0 Å². The second kappa shape index (κ2) is 5.30. The third kappa shape index (κ3) is 3.48. The van der Waals surface area contributed by atoms with Crippen LogP contribution in [0, 0.1) is 5.92 Å². The monoisotopic (exact) mass is 227 g/mol. The lowest BCUT2D eigenvalue weighted by Gasteiger charge is -2.34. The third-order valence-electron chi connectivity index (χ3n) is 2.80. The fourth-order valence-corrected chi connectivity index (χ4v) is 1.79. The minimum absolute atomic E-state index is 0.0214. The van der Waals surface area contributed by atoms with Gasteiger partial charge in [-0.2, -0.15) is 0 Å². The summed E-state index contributed by atoms with van der Waals surface area (Å²) in [6.07, 6.45) is 0.441. The molecule has 3 N–H and O–H groups in total. The van der Waals surface area contributed by atoms with Crippen LogP contribution in [0.5, 0.6) is 0 Å². The van der Waals surface area contributed by atoms with E-state index in [9.17, 15) is 9.59 Å². The molecule has 1 fully saturated rings. The maximum atomic E-state index is 11.7. The summed E-state index contributed by atoms with van der Waals surface area (Å²) in [5.41, 5.74) is 5.88. The van der Waals surface area contributed by atoms with Gasteiger partial charge in [-0.1, -0.05) is 6.92 Å². The minimum atomic E-state index is -0.120. The van der Waals surface area contributed by atoms with E-state index in [0.29, 0.717) is 13.0 Å². The molecule has 0 aromatic heterocycles. The van der Waals surface area contributed by atoms with E-state index in [1.165, 1.54) is 0 Å². The van der Waals surface area contributed by atoms with E-state index in [0.717, 1.165) is 0 Å². The topological polar surface area (TPSA) is 75.4 Å². The number of nitrogens with two attached hydrogens (primary N) is 1. The van der Waals surface area contributed by atoms with Crippen LogP contribution in [-0.2, 0) is 9.59 Å². The largest absolute Gasteiger partial charge is 0.352 e. The van der Waals surface area contributed by atoms with Crippen molar-refractivity contribution in [2.24, 2.45) is 11.7 Å². The van der Waals surface area contributed by atoms with Crippen molar-refractivity contribution in [2.75, 3.05) is 13.1 Å². The first kappa shape index (κ1) is 13.0. The first-order valence-corrected chi connectivity index (χ1v) is 5.73. The van der Waals surface area contributed by atoms with Crippen LogP contribution in [0.3, 0.4) is 0 Å². The minimum Gasteiger partial charge on any atom is -0.352 e. The highest BCUT2D eigenvalue weighted by atomic mass is 16.2. The van der Waals surface area contributed by atoms with Gasteiger partial charge in [-0.15, -0.1) is 0 Å². The Morgan fingerprint density at radius 3 is 2.81 bits per heavy atom. The van der Waals surface area contributed by atoms with Crippen molar-refractivity contribution < 1.29 is 9.59 Å². The summed E-state index contributed by atoms with van der Waals surface area (Å²) >= 11 is 0. The lowest BCUT2D eigenvalue weighted by Crippen LogP contribution is -2.53. The van der Waals surface area contributed by atoms with Crippen LogP contribution >= 0.6 is 0 Å². The molecule has 2 amide bonds. The van der Waals surface area contributed by atoms with Gasteiger partial charge >= 0.3 is 0 Å². The quantitative estimate of drug-likeness (QED) is 0.695. The van der Waals surface area contributed by atoms with Gasteiger partial charge in [0, 0.05) is 25.0 Å². The molecule has 92 valence electrons. The van der Waals surface area contributed by atoms with Crippen molar-refractivity contribution in [2.45, 2.75) is 39.3 Å². The molecule has 1 heterocycles. The molecule has 5 nitrogen and oxygen atoms in total. The number of likely N-dealkylation sites (tertiary alicyclic amines) is 1. The van der Waals surface area contributed by atoms with Crippen molar-refractivity contribution in [3.8, 4) is 0 Å². The zero-order valence-electron chi connectivity index (χ0n) is 10.2. The van der Waals surface area contributed by atoms with Crippen molar-refractivity contribution in [1.82, 2.24) is 10.2 Å². The smallest absolute Gasteiger partial charge is 0.239 e. The molecule has 0 radical (unpaired) electrons. The van der Waals surface area contributed by atoms with Crippen LogP contribution in [0.2, 0.25) is 0 Å². The molecule has 1 saturated heterocycles. The number of hydrogen-bond donors (Lipinski definition) is 2. The van der Waals surface area contributed by atoms with Gasteiger partial charge in [-0.05, 0) is 19.8 Å². The van der Waals surface area contributed by atoms with Crippen LogP contribution < -0.4 is 11.1 Å². The van der Waals surface area contributed by atoms with Gasteiger partial charge in [0.15, 0.2) is 0 Å². The van der Waals surface area contributed by atoms with E-state index < -0.39 is 0 Å². The maximum absolute atomic E-state index is 11.7. The molecule has 16 heavy (non-hydrogen) atoms. The number of nitrogens with zero attached hydrogens (tertiary/aromatic N) is 1. The number of carbonyl (C=O) groups is 2. The van der Waals surface area contributed by atoms with Gasteiger partial charge in [0.05, 0.1) is 6.54 Å². The molecule has 0 aliphatic carbocycles. The average molecular weight is 227 g/mol. The molecule has 0 saturated carbocycles. The van der Waals surface area contributed by atoms with Crippen LogP contribution in [-0.4, -0.2) is 41.9 Å². The number of hydrogen-bond acceptors (Lipinski definition) is 3. The average Bonchev–Trinajstić information content (AvgIpc) is 2.12. The number of amides is 2. The zero-order chi connectivity index (χ0) is 12.3. The Kier molecular flexibility index (Phi) is 4.29. The van der Waals surface area contributed by atoms with Crippen LogP contribution in [0.25, 0.3) is 0 Å². The molecule has 5 heteroatoms. The van der Waals surface area contributed by atoms with Gasteiger partial charge in [0.25, 0.3) is 0 Å². The van der Waals surface area contributed by atoms with Gasteiger partial charge in [-0.3, -0.25) is 9.59 Å². The summed E-state index contributed by atoms with van der Waals surface area (Å²) in [6.45, 7) is 6.35. The molecule has 1 rings (SSSR count). The maximum Gasteiger partial charge on any atom is 0.239 e. The third-order valence-corrected chi connectivity index (χ3v) is 2.80. The molecule has 0 aromatic carbocycles. The molecule has 0 bridgehead atoms. The molecule has 1 aliphatic rings. The van der Waals surface area contributed by atoms with Gasteiger partial charge in [0.1, 0.15) is 0 Å². The van der Waals surface area contributed by atoms with E-state index in [1.807, 2.05) is 20.8 Å². The predicted molar refractivity (Wildman–Crippen MR) is 61.6 cm³/mol. The Morgan fingerprint density at radius 1 is 1.62 bits per heavy atom. The molecular formula is C11H21N3O2. The molecule has 2 unspecified atom stereocenters. The summed E-state index contributed by atoms with van der Waals surface area (Å²) in [4.78, 5) is 24.7. The molecule has 0 aromatic rings. The van der Waals surface area contributed by atoms with Gasteiger partial charge < -0.3 is 16.0 Å². The fraction of sp³-hybridized carbons (Fsp3) is 0.818. The van der Waals surface area contributed by atoms with Gasteiger partial charge in [-0.25, -0.2) is 0 Å². The highest BCUT2D eigenvalue weighted by Crippen LogP contribution is 2.16. The number of carbonyl (C=O) groups excluding carboxylic acids is 2. The standard InChI is InChI=1S/C11H21N3O2/c1-7(2)13-10(15)6-14-5-9(12)8(3)4-11(14)16/h7-9H,4-6,12H2,1-3H3,(H,13,15). The Bertz CT molecular complexity index is 278. The Labute approximate surface area is 96.4 Å². The summed E-state index contributed by atoms with van der Waals surface area (Å²) in [7, 11) is 0. The number of rotatable bonds is 3. The summed E-state index contributed by atoms with van der Waals surface area (Å²) in [5, 5.41) is 2.76. The Hall–Kier alpha value is -1.10. The van der Waals surface area contributed by atoms with Crippen LogP contribution in [0.4, 0.5) is 0 Å². The van der Waals surface area contributed by atoms with E-state index in [4.69, 9.17) is 5.73 Å². The van der Waals surface area contributed by atoms with Crippen LogP contribution in [0.1, 0.15) is 27.2 Å². The zero-order valence-corrected chi connectivity index (χ0v) is 10.2. The first-order valence-electron chi connectivity index (χ1n) is 5.73. The summed E-state index contributed by atoms with van der Waals surface area (Å²) < 4.78 is 0. The Balaban J connectivity index is 2.48. The highest BCUT2D eigenvalue weighted by molar-refractivity contribution is 5.85. The fourth-order valence-electron chi connectivity index (χ4n) is 1.79. The predicted octanol–water partition coefficient (Wildman–Crippen LogP) is -0.293. The van der Waals surface area contributed by atoms with E-state index >= 15 is 0 Å². The second-order valence-corrected chi connectivity index (χ2v) is 4.84. The first-order chi connectivity index (χ1) is 7.40. The number of nitrogens with one attached hydrogen (secondary N) is 1. The second-order valence-electron chi connectivity index (χ2n) is 4.84. The van der Waals surface area contributed by atoms with Crippen molar-refractivity contribution in [3.63, 3.8) is 0 Å².